The summed E-state index contributed by atoms with van der Waals surface area (Å²) in [5.74, 6) is 1.29. The fraction of sp³-hybridized carbons (Fsp3) is 0.357. The number of thiazole rings is 1. The van der Waals surface area contributed by atoms with Gasteiger partial charge in [0.15, 0.2) is 0 Å². The van der Waals surface area contributed by atoms with E-state index in [1.807, 2.05) is 23.6 Å². The maximum Gasteiger partial charge on any atom is 0.122 e. The predicted molar refractivity (Wildman–Crippen MR) is 71.1 cm³/mol. The second kappa shape index (κ2) is 4.71. The van der Waals surface area contributed by atoms with E-state index in [2.05, 4.69) is 11.1 Å². The lowest BCUT2D eigenvalue weighted by atomic mass is 9.97. The Bertz CT molecular complexity index is 550. The molecule has 0 fully saturated rings. The lowest BCUT2D eigenvalue weighted by Gasteiger charge is -2.23. The van der Waals surface area contributed by atoms with E-state index in [1.165, 1.54) is 5.56 Å². The number of hydrogen-bond acceptors (Lipinski definition) is 4. The third kappa shape index (κ3) is 2.13. The van der Waals surface area contributed by atoms with Gasteiger partial charge in [-0.2, -0.15) is 0 Å². The van der Waals surface area contributed by atoms with E-state index in [9.17, 15) is 5.11 Å². The number of benzene rings is 1. The molecule has 0 spiro atoms. The number of rotatable bonds is 2. The number of aliphatic hydroxyl groups excluding tert-OH is 1. The van der Waals surface area contributed by atoms with Crippen LogP contribution in [0.25, 0.3) is 0 Å². The number of para-hydroxylation sites is 1. The van der Waals surface area contributed by atoms with Crippen molar-refractivity contribution in [3.8, 4) is 5.75 Å². The third-order valence-corrected chi connectivity index (χ3v) is 4.22. The Morgan fingerprint density at radius 3 is 3.06 bits per heavy atom. The van der Waals surface area contributed by atoms with E-state index in [4.69, 9.17) is 4.74 Å². The molecule has 0 saturated carbocycles. The monoisotopic (exact) mass is 261 g/mol. The zero-order valence-corrected chi connectivity index (χ0v) is 11.0. The zero-order chi connectivity index (χ0) is 12.5. The molecule has 0 saturated heterocycles. The summed E-state index contributed by atoms with van der Waals surface area (Å²) in [5.41, 5.74) is 2.00. The van der Waals surface area contributed by atoms with Crippen LogP contribution in [0.1, 0.15) is 35.2 Å². The highest BCUT2D eigenvalue weighted by Gasteiger charge is 2.24. The Labute approximate surface area is 110 Å². The smallest absolute Gasteiger partial charge is 0.122 e. The van der Waals surface area contributed by atoms with Gasteiger partial charge in [-0.1, -0.05) is 18.2 Å². The van der Waals surface area contributed by atoms with Gasteiger partial charge in [0.05, 0.1) is 23.4 Å². The Kier molecular flexibility index (Phi) is 3.06. The lowest BCUT2D eigenvalue weighted by molar-refractivity contribution is 0.194. The van der Waals surface area contributed by atoms with Crippen LogP contribution in [-0.4, -0.2) is 16.7 Å². The van der Waals surface area contributed by atoms with Gasteiger partial charge >= 0.3 is 0 Å². The maximum absolute atomic E-state index is 9.51. The standard InChI is InChI=1S/C14H15NO2S/c1-9(16)12-8-18-14(15-12)11-6-10-4-2-3-5-13(10)17-7-11/h2-5,8-9,11,16H,6-7H2,1H3. The molecule has 2 heterocycles. The van der Waals surface area contributed by atoms with Gasteiger partial charge in [-0.05, 0) is 25.0 Å². The highest BCUT2D eigenvalue weighted by atomic mass is 32.1. The van der Waals surface area contributed by atoms with Crippen molar-refractivity contribution < 1.29 is 9.84 Å². The van der Waals surface area contributed by atoms with Crippen LogP contribution in [0.2, 0.25) is 0 Å². The van der Waals surface area contributed by atoms with Crippen molar-refractivity contribution in [2.45, 2.75) is 25.4 Å². The largest absolute Gasteiger partial charge is 0.493 e. The average molecular weight is 261 g/mol. The number of fused-ring (bicyclic) bond motifs is 1. The summed E-state index contributed by atoms with van der Waals surface area (Å²) in [6, 6.07) is 8.14. The van der Waals surface area contributed by atoms with E-state index in [1.54, 1.807) is 18.3 Å². The van der Waals surface area contributed by atoms with Gasteiger partial charge in [-0.15, -0.1) is 11.3 Å². The summed E-state index contributed by atoms with van der Waals surface area (Å²) in [6.45, 7) is 2.41. The summed E-state index contributed by atoms with van der Waals surface area (Å²) in [5, 5.41) is 12.5. The minimum atomic E-state index is -0.494. The molecular weight excluding hydrogens is 246 g/mol. The third-order valence-electron chi connectivity index (χ3n) is 3.20. The van der Waals surface area contributed by atoms with Crippen LogP contribution in [0.4, 0.5) is 0 Å². The Morgan fingerprint density at radius 1 is 1.44 bits per heavy atom. The maximum atomic E-state index is 9.51. The first-order valence-electron chi connectivity index (χ1n) is 6.08. The van der Waals surface area contributed by atoms with E-state index in [0.717, 1.165) is 22.9 Å². The van der Waals surface area contributed by atoms with Crippen molar-refractivity contribution >= 4 is 11.3 Å². The van der Waals surface area contributed by atoms with Crippen LogP contribution in [0.15, 0.2) is 29.6 Å². The Hall–Kier alpha value is -1.39. The number of hydrogen-bond donors (Lipinski definition) is 1. The summed E-state index contributed by atoms with van der Waals surface area (Å²) < 4.78 is 5.76. The fourth-order valence-corrected chi connectivity index (χ4v) is 3.16. The molecule has 2 atom stereocenters. The van der Waals surface area contributed by atoms with Gasteiger partial charge in [0.2, 0.25) is 0 Å². The van der Waals surface area contributed by atoms with E-state index < -0.39 is 6.10 Å². The minimum absolute atomic E-state index is 0.303. The molecule has 2 aromatic rings. The van der Waals surface area contributed by atoms with Crippen molar-refractivity contribution in [3.63, 3.8) is 0 Å². The molecule has 0 bridgehead atoms. The highest BCUT2D eigenvalue weighted by Crippen LogP contribution is 2.33. The van der Waals surface area contributed by atoms with Gasteiger partial charge < -0.3 is 9.84 Å². The van der Waals surface area contributed by atoms with Crippen LogP contribution in [-0.2, 0) is 6.42 Å². The molecule has 1 aliphatic rings. The topological polar surface area (TPSA) is 42.4 Å². The van der Waals surface area contributed by atoms with Gasteiger partial charge in [0, 0.05) is 11.3 Å². The highest BCUT2D eigenvalue weighted by molar-refractivity contribution is 7.09. The van der Waals surface area contributed by atoms with E-state index in [0.29, 0.717) is 12.5 Å². The molecule has 3 nitrogen and oxygen atoms in total. The van der Waals surface area contributed by atoms with Gasteiger partial charge in [0.1, 0.15) is 5.75 Å². The number of aromatic nitrogens is 1. The van der Waals surface area contributed by atoms with Gasteiger partial charge in [0.25, 0.3) is 0 Å². The van der Waals surface area contributed by atoms with Crippen molar-refractivity contribution in [1.29, 1.82) is 0 Å². The molecule has 3 rings (SSSR count). The van der Waals surface area contributed by atoms with Crippen molar-refractivity contribution in [2.75, 3.05) is 6.61 Å². The number of nitrogens with zero attached hydrogens (tertiary/aromatic N) is 1. The average Bonchev–Trinajstić information content (AvgIpc) is 2.88. The molecular formula is C14H15NO2S. The molecule has 0 radical (unpaired) electrons. The predicted octanol–water partition coefficient (Wildman–Crippen LogP) is 2.92. The summed E-state index contributed by atoms with van der Waals surface area (Å²) in [4.78, 5) is 4.49. The Morgan fingerprint density at radius 2 is 2.28 bits per heavy atom. The van der Waals surface area contributed by atoms with E-state index >= 15 is 0 Å². The molecule has 18 heavy (non-hydrogen) atoms. The number of aliphatic hydroxyl groups is 1. The molecule has 0 amide bonds. The van der Waals surface area contributed by atoms with Gasteiger partial charge in [-0.3, -0.25) is 0 Å². The second-order valence-electron chi connectivity index (χ2n) is 4.61. The second-order valence-corrected chi connectivity index (χ2v) is 5.50. The minimum Gasteiger partial charge on any atom is -0.493 e. The molecule has 0 aliphatic carbocycles. The number of ether oxygens (including phenoxy) is 1. The summed E-state index contributed by atoms with van der Waals surface area (Å²) in [6.07, 6.45) is 0.468. The van der Waals surface area contributed by atoms with Gasteiger partial charge in [-0.25, -0.2) is 4.98 Å². The van der Waals surface area contributed by atoms with E-state index in [-0.39, 0.29) is 0 Å². The Balaban J connectivity index is 1.83. The SMILES string of the molecule is CC(O)c1csc(C2COc3ccccc3C2)n1. The van der Waals surface area contributed by atoms with Crippen LogP contribution in [0.3, 0.4) is 0 Å². The lowest BCUT2D eigenvalue weighted by Crippen LogP contribution is -2.19. The molecule has 1 N–H and O–H groups in total. The van der Waals surface area contributed by atoms with Crippen molar-refractivity contribution in [3.05, 3.63) is 45.9 Å². The van der Waals surface area contributed by atoms with Crippen LogP contribution < -0.4 is 4.74 Å². The summed E-state index contributed by atoms with van der Waals surface area (Å²) in [7, 11) is 0. The summed E-state index contributed by atoms with van der Waals surface area (Å²) >= 11 is 1.61. The van der Waals surface area contributed by atoms with Crippen LogP contribution >= 0.6 is 11.3 Å². The zero-order valence-electron chi connectivity index (χ0n) is 10.2. The fourth-order valence-electron chi connectivity index (χ4n) is 2.17. The molecule has 1 aromatic heterocycles. The normalized spacial score (nSPS) is 20.0. The van der Waals surface area contributed by atoms with Crippen LogP contribution in [0.5, 0.6) is 5.75 Å². The van der Waals surface area contributed by atoms with Crippen LogP contribution in [0, 0.1) is 0 Å². The molecule has 2 unspecified atom stereocenters. The molecule has 1 aliphatic heterocycles. The molecule has 94 valence electrons. The first-order valence-corrected chi connectivity index (χ1v) is 6.96. The quantitative estimate of drug-likeness (QED) is 0.903. The first-order chi connectivity index (χ1) is 8.74. The molecule has 1 aromatic carbocycles. The van der Waals surface area contributed by atoms with Crippen molar-refractivity contribution in [2.24, 2.45) is 0 Å². The van der Waals surface area contributed by atoms with Crippen molar-refractivity contribution in [1.82, 2.24) is 4.98 Å². The first kappa shape index (κ1) is 11.7. The molecule has 4 heteroatoms.